The van der Waals surface area contributed by atoms with Gasteiger partial charge in [0.25, 0.3) is 5.69 Å². The second kappa shape index (κ2) is 8.00. The number of anilines is 2. The van der Waals surface area contributed by atoms with Crippen LogP contribution in [-0.2, 0) is 0 Å². The lowest BCUT2D eigenvalue weighted by Crippen LogP contribution is -2.13. The molecule has 0 N–H and O–H groups in total. The van der Waals surface area contributed by atoms with Crippen LogP contribution in [0.4, 0.5) is 17.5 Å². The Bertz CT molecular complexity index is 1310. The average molecular weight is 412 g/mol. The normalized spacial score (nSPS) is 10.5. The maximum atomic E-state index is 10.8. The predicted molar refractivity (Wildman–Crippen MR) is 113 cm³/mol. The molecule has 0 amide bonds. The maximum absolute atomic E-state index is 10.8. The van der Waals surface area contributed by atoms with Gasteiger partial charge in [-0.3, -0.25) is 15.0 Å². The first-order chi connectivity index (χ1) is 15.0. The van der Waals surface area contributed by atoms with Crippen molar-refractivity contribution in [2.75, 3.05) is 11.9 Å². The molecule has 0 aliphatic heterocycles. The van der Waals surface area contributed by atoms with E-state index in [1.165, 1.54) is 16.8 Å². The number of aromatic nitrogens is 5. The van der Waals surface area contributed by atoms with E-state index >= 15 is 0 Å². The third-order valence-corrected chi connectivity index (χ3v) is 4.72. The van der Waals surface area contributed by atoms with E-state index in [1.807, 2.05) is 19.1 Å². The lowest BCUT2D eigenvalue weighted by molar-refractivity contribution is -0.384. The van der Waals surface area contributed by atoms with Crippen LogP contribution in [0.15, 0.2) is 60.9 Å². The standard InChI is InChI=1S/C21H16N8O2/c1-14-11-15(12-22)3-8-18(14)19-9-10-23-21(24-19)27(2)20-13-28(26-25-20)16-4-6-17(7-5-16)29(30)31/h3-11,13H,1-2H3. The van der Waals surface area contributed by atoms with E-state index in [2.05, 4.69) is 26.3 Å². The van der Waals surface area contributed by atoms with Crippen LogP contribution in [0.25, 0.3) is 16.9 Å². The minimum atomic E-state index is -0.454. The Morgan fingerprint density at radius 3 is 2.61 bits per heavy atom. The highest BCUT2D eigenvalue weighted by Gasteiger charge is 2.14. The van der Waals surface area contributed by atoms with Crippen LogP contribution in [0.5, 0.6) is 0 Å². The van der Waals surface area contributed by atoms with Crippen LogP contribution in [0.3, 0.4) is 0 Å². The molecule has 2 aromatic heterocycles. The molecular formula is C21H16N8O2. The second-order valence-electron chi connectivity index (χ2n) is 6.74. The number of nitrogens with zero attached hydrogens (tertiary/aromatic N) is 8. The van der Waals surface area contributed by atoms with Gasteiger partial charge in [-0.15, -0.1) is 5.10 Å². The smallest absolute Gasteiger partial charge is 0.269 e. The fraction of sp³-hybridized carbons (Fsp3) is 0.0952. The molecule has 31 heavy (non-hydrogen) atoms. The molecule has 0 bridgehead atoms. The van der Waals surface area contributed by atoms with Crippen molar-refractivity contribution in [3.05, 3.63) is 82.2 Å². The van der Waals surface area contributed by atoms with Crippen LogP contribution in [-0.4, -0.2) is 36.9 Å². The molecule has 0 atom stereocenters. The summed E-state index contributed by atoms with van der Waals surface area (Å²) in [6.07, 6.45) is 3.34. The molecule has 0 aliphatic rings. The third-order valence-electron chi connectivity index (χ3n) is 4.72. The summed E-state index contributed by atoms with van der Waals surface area (Å²) in [5.41, 5.74) is 3.81. The first-order valence-electron chi connectivity index (χ1n) is 9.21. The van der Waals surface area contributed by atoms with Gasteiger partial charge >= 0.3 is 0 Å². The van der Waals surface area contributed by atoms with Crippen molar-refractivity contribution >= 4 is 17.5 Å². The lowest BCUT2D eigenvalue weighted by Gasteiger charge is -2.14. The molecule has 0 aliphatic carbocycles. The quantitative estimate of drug-likeness (QED) is 0.359. The highest BCUT2D eigenvalue weighted by molar-refractivity contribution is 5.66. The van der Waals surface area contributed by atoms with Crippen LogP contribution < -0.4 is 4.90 Å². The summed E-state index contributed by atoms with van der Waals surface area (Å²) >= 11 is 0. The van der Waals surface area contributed by atoms with E-state index in [-0.39, 0.29) is 5.69 Å². The fourth-order valence-corrected chi connectivity index (χ4v) is 3.05. The van der Waals surface area contributed by atoms with Crippen molar-refractivity contribution in [2.45, 2.75) is 6.92 Å². The Morgan fingerprint density at radius 2 is 1.94 bits per heavy atom. The van der Waals surface area contributed by atoms with E-state index in [4.69, 9.17) is 5.26 Å². The van der Waals surface area contributed by atoms with Crippen molar-refractivity contribution in [3.8, 4) is 23.0 Å². The van der Waals surface area contributed by atoms with Gasteiger partial charge in [-0.1, -0.05) is 11.3 Å². The number of hydrogen-bond donors (Lipinski definition) is 0. The van der Waals surface area contributed by atoms with Crippen molar-refractivity contribution in [2.24, 2.45) is 0 Å². The van der Waals surface area contributed by atoms with Crippen molar-refractivity contribution in [3.63, 3.8) is 0 Å². The summed E-state index contributed by atoms with van der Waals surface area (Å²) in [6, 6.07) is 15.4. The minimum absolute atomic E-state index is 0.00418. The Kier molecular flexibility index (Phi) is 5.07. The van der Waals surface area contributed by atoms with Gasteiger partial charge in [-0.05, 0) is 42.8 Å². The van der Waals surface area contributed by atoms with Crippen LogP contribution >= 0.6 is 0 Å². The van der Waals surface area contributed by atoms with Crippen molar-refractivity contribution in [1.29, 1.82) is 5.26 Å². The number of hydrogen-bond acceptors (Lipinski definition) is 8. The van der Waals surface area contributed by atoms with Gasteiger partial charge in [0.15, 0.2) is 5.82 Å². The molecule has 4 aromatic rings. The van der Waals surface area contributed by atoms with Crippen LogP contribution in [0.2, 0.25) is 0 Å². The van der Waals surface area contributed by atoms with E-state index in [9.17, 15) is 10.1 Å². The van der Waals surface area contributed by atoms with Gasteiger partial charge in [0.1, 0.15) is 0 Å². The Labute approximate surface area is 177 Å². The molecular weight excluding hydrogens is 396 g/mol. The summed E-state index contributed by atoms with van der Waals surface area (Å²) in [7, 11) is 1.77. The number of nitro groups is 1. The van der Waals surface area contributed by atoms with E-state index in [0.717, 1.165) is 16.8 Å². The Hall–Kier alpha value is -4.65. The number of rotatable bonds is 5. The largest absolute Gasteiger partial charge is 0.295 e. The number of non-ortho nitro benzene ring substituents is 1. The van der Waals surface area contributed by atoms with Gasteiger partial charge in [0, 0.05) is 30.9 Å². The lowest BCUT2D eigenvalue weighted by atomic mass is 10.0. The summed E-state index contributed by atoms with van der Waals surface area (Å²) in [6.45, 7) is 1.93. The first kappa shape index (κ1) is 19.7. The molecule has 4 rings (SSSR count). The van der Waals surface area contributed by atoms with Crippen molar-refractivity contribution in [1.82, 2.24) is 25.0 Å². The minimum Gasteiger partial charge on any atom is -0.295 e. The second-order valence-corrected chi connectivity index (χ2v) is 6.74. The zero-order valence-electron chi connectivity index (χ0n) is 16.7. The molecule has 0 spiro atoms. The van der Waals surface area contributed by atoms with E-state index in [0.29, 0.717) is 23.0 Å². The molecule has 0 radical (unpaired) electrons. The topological polar surface area (TPSA) is 127 Å². The number of benzene rings is 2. The van der Waals surface area contributed by atoms with E-state index in [1.54, 1.807) is 48.6 Å². The van der Waals surface area contributed by atoms with Crippen LogP contribution in [0, 0.1) is 28.4 Å². The molecule has 0 unspecified atom stereocenters. The SMILES string of the molecule is Cc1cc(C#N)ccc1-c1ccnc(N(C)c2cn(-c3ccc([N+](=O)[O-])cc3)nn2)n1. The molecule has 10 heteroatoms. The average Bonchev–Trinajstić information content (AvgIpc) is 3.29. The zero-order chi connectivity index (χ0) is 22.0. The van der Waals surface area contributed by atoms with Gasteiger partial charge in [-0.2, -0.15) is 5.26 Å². The predicted octanol–water partition coefficient (Wildman–Crippen LogP) is 3.58. The van der Waals surface area contributed by atoms with Gasteiger partial charge < -0.3 is 0 Å². The molecule has 2 heterocycles. The molecule has 0 saturated heterocycles. The summed E-state index contributed by atoms with van der Waals surface area (Å²) in [4.78, 5) is 21.0. The van der Waals surface area contributed by atoms with Crippen LogP contribution in [0.1, 0.15) is 11.1 Å². The Balaban J connectivity index is 1.61. The van der Waals surface area contributed by atoms with Gasteiger partial charge in [0.05, 0.1) is 34.1 Å². The first-order valence-corrected chi connectivity index (χ1v) is 9.21. The monoisotopic (exact) mass is 412 g/mol. The zero-order valence-corrected chi connectivity index (χ0v) is 16.7. The van der Waals surface area contributed by atoms with Gasteiger partial charge in [0.2, 0.25) is 5.95 Å². The highest BCUT2D eigenvalue weighted by atomic mass is 16.6. The van der Waals surface area contributed by atoms with Gasteiger partial charge in [-0.25, -0.2) is 14.6 Å². The number of aryl methyl sites for hydroxylation is 1. The summed E-state index contributed by atoms with van der Waals surface area (Å²) < 4.78 is 1.52. The summed E-state index contributed by atoms with van der Waals surface area (Å²) in [5.74, 6) is 0.934. The number of nitriles is 1. The number of nitro benzene ring substituents is 1. The maximum Gasteiger partial charge on any atom is 0.269 e. The molecule has 2 aromatic carbocycles. The highest BCUT2D eigenvalue weighted by Crippen LogP contribution is 2.25. The molecule has 0 saturated carbocycles. The molecule has 152 valence electrons. The molecule has 10 nitrogen and oxygen atoms in total. The molecule has 0 fully saturated rings. The third kappa shape index (κ3) is 3.92. The summed E-state index contributed by atoms with van der Waals surface area (Å²) in [5, 5.41) is 28.1. The Morgan fingerprint density at radius 1 is 1.16 bits per heavy atom. The van der Waals surface area contributed by atoms with E-state index < -0.39 is 4.92 Å². The fourth-order valence-electron chi connectivity index (χ4n) is 3.05. The van der Waals surface area contributed by atoms with Crippen molar-refractivity contribution < 1.29 is 4.92 Å².